The Bertz CT molecular complexity index is 501. The number of benzene rings is 1. The highest BCUT2D eigenvalue weighted by Gasteiger charge is 2.26. The van der Waals surface area contributed by atoms with Crippen molar-refractivity contribution in [3.63, 3.8) is 0 Å². The molecule has 0 N–H and O–H groups in total. The van der Waals surface area contributed by atoms with E-state index in [0.29, 0.717) is 15.8 Å². The number of carbonyl (C=O) groups excluding carboxylic acids is 1. The number of aryl methyl sites for hydroxylation is 1. The molecule has 0 saturated carbocycles. The fourth-order valence-corrected chi connectivity index (χ4v) is 1.97. The zero-order chi connectivity index (χ0) is 16.0. The first kappa shape index (κ1) is 17.8. The van der Waals surface area contributed by atoms with Gasteiger partial charge in [0.25, 0.3) is 0 Å². The van der Waals surface area contributed by atoms with Crippen LogP contribution < -0.4 is 4.74 Å². The van der Waals surface area contributed by atoms with E-state index in [4.69, 9.17) is 9.47 Å². The van der Waals surface area contributed by atoms with Crippen LogP contribution >= 0.6 is 15.9 Å². The Morgan fingerprint density at radius 1 is 1.33 bits per heavy atom. The monoisotopic (exact) mass is 368 g/mol. The van der Waals surface area contributed by atoms with Crippen LogP contribution in [0.2, 0.25) is 0 Å². The minimum atomic E-state index is -4.19. The highest BCUT2D eigenvalue weighted by atomic mass is 79.9. The Kier molecular flexibility index (Phi) is 6.51. The van der Waals surface area contributed by atoms with Gasteiger partial charge in [-0.3, -0.25) is 0 Å². The van der Waals surface area contributed by atoms with Gasteiger partial charge in [-0.05, 0) is 53.9 Å². The van der Waals surface area contributed by atoms with E-state index < -0.39 is 18.6 Å². The summed E-state index contributed by atoms with van der Waals surface area (Å²) in [6, 6.07) is 3.09. The van der Waals surface area contributed by atoms with Gasteiger partial charge in [0, 0.05) is 6.42 Å². The van der Waals surface area contributed by atoms with E-state index in [2.05, 4.69) is 15.9 Å². The van der Waals surface area contributed by atoms with Crippen molar-refractivity contribution in [2.45, 2.75) is 32.9 Å². The molecule has 1 aromatic rings. The number of carbonyl (C=O) groups is 1. The first-order valence-corrected chi connectivity index (χ1v) is 7.20. The number of esters is 1. The van der Waals surface area contributed by atoms with Gasteiger partial charge in [0.2, 0.25) is 0 Å². The Balaban J connectivity index is 2.75. The molecular formula is C14H16BrF3O3. The molecule has 1 rings (SSSR count). The molecule has 0 aliphatic rings. The maximum absolute atomic E-state index is 12.1. The largest absolute Gasteiger partial charge is 0.492 e. The third kappa shape index (κ3) is 5.95. The van der Waals surface area contributed by atoms with Crippen molar-refractivity contribution < 1.29 is 27.4 Å². The maximum Gasteiger partial charge on any atom is 0.389 e. The van der Waals surface area contributed by atoms with Crippen LogP contribution in [0.5, 0.6) is 5.75 Å². The molecule has 0 atom stereocenters. The summed E-state index contributed by atoms with van der Waals surface area (Å²) < 4.78 is 47.0. The molecule has 0 unspecified atom stereocenters. The molecule has 0 aliphatic heterocycles. The Hall–Kier alpha value is -1.24. The molecule has 1 aromatic carbocycles. The van der Waals surface area contributed by atoms with Crippen LogP contribution in [0.4, 0.5) is 13.2 Å². The topological polar surface area (TPSA) is 35.5 Å². The predicted molar refractivity (Wildman–Crippen MR) is 75.6 cm³/mol. The SMILES string of the molecule is CCOC(=O)c1cc(C)c(Br)c(OCCCC(F)(F)F)c1. The van der Waals surface area contributed by atoms with Gasteiger partial charge in [-0.25, -0.2) is 4.79 Å². The quantitative estimate of drug-likeness (QED) is 0.541. The molecule has 0 saturated heterocycles. The van der Waals surface area contributed by atoms with Gasteiger partial charge < -0.3 is 9.47 Å². The smallest absolute Gasteiger partial charge is 0.389 e. The van der Waals surface area contributed by atoms with Gasteiger partial charge >= 0.3 is 12.1 Å². The van der Waals surface area contributed by atoms with Crippen molar-refractivity contribution in [2.24, 2.45) is 0 Å². The van der Waals surface area contributed by atoms with Crippen LogP contribution in [0.15, 0.2) is 16.6 Å². The van der Waals surface area contributed by atoms with Crippen LogP contribution in [-0.2, 0) is 4.74 Å². The summed E-state index contributed by atoms with van der Waals surface area (Å²) in [5, 5.41) is 0. The van der Waals surface area contributed by atoms with Gasteiger partial charge in [-0.2, -0.15) is 13.2 Å². The fraction of sp³-hybridized carbons (Fsp3) is 0.500. The summed E-state index contributed by atoms with van der Waals surface area (Å²) >= 11 is 3.29. The van der Waals surface area contributed by atoms with Crippen LogP contribution in [0, 0.1) is 6.92 Å². The lowest BCUT2D eigenvalue weighted by Gasteiger charge is -2.13. The molecule has 0 aliphatic carbocycles. The highest BCUT2D eigenvalue weighted by molar-refractivity contribution is 9.10. The van der Waals surface area contributed by atoms with Crippen molar-refractivity contribution in [1.29, 1.82) is 0 Å². The minimum absolute atomic E-state index is 0.0795. The van der Waals surface area contributed by atoms with Crippen LogP contribution in [0.25, 0.3) is 0 Å². The molecule has 3 nitrogen and oxygen atoms in total. The molecular weight excluding hydrogens is 353 g/mol. The number of hydrogen-bond acceptors (Lipinski definition) is 3. The zero-order valence-electron chi connectivity index (χ0n) is 11.7. The summed E-state index contributed by atoms with van der Waals surface area (Å²) in [5.41, 5.74) is 1.05. The normalized spacial score (nSPS) is 11.3. The summed E-state index contributed by atoms with van der Waals surface area (Å²) in [4.78, 5) is 11.7. The number of halogens is 4. The van der Waals surface area contributed by atoms with Gasteiger partial charge in [-0.1, -0.05) is 0 Å². The van der Waals surface area contributed by atoms with Crippen molar-refractivity contribution in [3.05, 3.63) is 27.7 Å². The van der Waals surface area contributed by atoms with Gasteiger partial charge in [-0.15, -0.1) is 0 Å². The van der Waals surface area contributed by atoms with Crippen molar-refractivity contribution in [1.82, 2.24) is 0 Å². The van der Waals surface area contributed by atoms with E-state index in [0.717, 1.165) is 5.56 Å². The average molecular weight is 369 g/mol. The van der Waals surface area contributed by atoms with E-state index in [1.807, 2.05) is 0 Å². The molecule has 7 heteroatoms. The standard InChI is InChI=1S/C14H16BrF3O3/c1-3-20-13(19)10-7-9(2)12(15)11(8-10)21-6-4-5-14(16,17)18/h7-8H,3-6H2,1-2H3. The van der Waals surface area contributed by atoms with E-state index in [9.17, 15) is 18.0 Å². The molecule has 0 heterocycles. The Morgan fingerprint density at radius 2 is 2.00 bits per heavy atom. The van der Waals surface area contributed by atoms with Crippen LogP contribution in [0.3, 0.4) is 0 Å². The molecule has 0 bridgehead atoms. The van der Waals surface area contributed by atoms with Crippen molar-refractivity contribution in [3.8, 4) is 5.75 Å². The van der Waals surface area contributed by atoms with E-state index >= 15 is 0 Å². The van der Waals surface area contributed by atoms with E-state index in [1.165, 1.54) is 6.07 Å². The zero-order valence-corrected chi connectivity index (χ0v) is 13.3. The predicted octanol–water partition coefficient (Wildman–Crippen LogP) is 4.66. The third-order valence-electron chi connectivity index (χ3n) is 2.59. The fourth-order valence-electron chi connectivity index (χ4n) is 1.63. The van der Waals surface area contributed by atoms with Crippen LogP contribution in [0.1, 0.15) is 35.7 Å². The minimum Gasteiger partial charge on any atom is -0.492 e. The number of ether oxygens (including phenoxy) is 2. The molecule has 0 spiro atoms. The summed E-state index contributed by atoms with van der Waals surface area (Å²) in [6.07, 6.45) is -5.23. The molecule has 21 heavy (non-hydrogen) atoms. The van der Waals surface area contributed by atoms with Crippen molar-refractivity contribution >= 4 is 21.9 Å². The second kappa shape index (κ2) is 7.68. The molecule has 118 valence electrons. The molecule has 0 fully saturated rings. The number of hydrogen-bond donors (Lipinski definition) is 0. The Morgan fingerprint density at radius 3 is 2.57 bits per heavy atom. The van der Waals surface area contributed by atoms with Crippen LogP contribution in [-0.4, -0.2) is 25.4 Å². The third-order valence-corrected chi connectivity index (χ3v) is 3.61. The second-order valence-corrected chi connectivity index (χ2v) is 5.19. The first-order chi connectivity index (χ1) is 9.74. The maximum atomic E-state index is 12.1. The number of alkyl halides is 3. The van der Waals surface area contributed by atoms with E-state index in [-0.39, 0.29) is 19.6 Å². The lowest BCUT2D eigenvalue weighted by molar-refractivity contribution is -0.136. The van der Waals surface area contributed by atoms with Gasteiger partial charge in [0.1, 0.15) is 5.75 Å². The van der Waals surface area contributed by atoms with Gasteiger partial charge in [0.05, 0.1) is 23.2 Å². The summed E-state index contributed by atoms with van der Waals surface area (Å²) in [5.74, 6) is -0.159. The molecule has 0 amide bonds. The summed E-state index contributed by atoms with van der Waals surface area (Å²) in [6.45, 7) is 3.62. The van der Waals surface area contributed by atoms with Crippen molar-refractivity contribution in [2.75, 3.05) is 13.2 Å². The molecule has 0 aromatic heterocycles. The number of rotatable bonds is 6. The van der Waals surface area contributed by atoms with E-state index in [1.54, 1.807) is 19.9 Å². The lowest BCUT2D eigenvalue weighted by Crippen LogP contribution is -2.10. The second-order valence-electron chi connectivity index (χ2n) is 4.39. The van der Waals surface area contributed by atoms with Gasteiger partial charge in [0.15, 0.2) is 0 Å². The molecule has 0 radical (unpaired) electrons. The highest BCUT2D eigenvalue weighted by Crippen LogP contribution is 2.31. The average Bonchev–Trinajstić information content (AvgIpc) is 2.38. The Labute approximate surface area is 129 Å². The summed E-state index contributed by atoms with van der Waals surface area (Å²) in [7, 11) is 0. The first-order valence-electron chi connectivity index (χ1n) is 6.41. The lowest BCUT2D eigenvalue weighted by atomic mass is 10.1.